The van der Waals surface area contributed by atoms with Crippen molar-refractivity contribution in [1.29, 1.82) is 0 Å². The van der Waals surface area contributed by atoms with Crippen LogP contribution in [-0.4, -0.2) is 51.0 Å². The predicted molar refractivity (Wildman–Crippen MR) is 112 cm³/mol. The van der Waals surface area contributed by atoms with Gasteiger partial charge in [-0.15, -0.1) is 0 Å². The number of amides is 1. The molecule has 0 aliphatic carbocycles. The molecule has 28 heavy (non-hydrogen) atoms. The Bertz CT molecular complexity index is 927. The van der Waals surface area contributed by atoms with Gasteiger partial charge in [-0.05, 0) is 48.7 Å². The number of methoxy groups -OCH3 is 2. The zero-order valence-electron chi connectivity index (χ0n) is 16.5. The molecule has 0 saturated heterocycles. The summed E-state index contributed by atoms with van der Waals surface area (Å²) in [5, 5.41) is 3.81. The zero-order valence-corrected chi connectivity index (χ0v) is 17.3. The van der Waals surface area contributed by atoms with Crippen molar-refractivity contribution in [3.05, 3.63) is 52.0 Å². The van der Waals surface area contributed by atoms with Crippen molar-refractivity contribution in [3.63, 3.8) is 0 Å². The highest BCUT2D eigenvalue weighted by Crippen LogP contribution is 2.33. The predicted octanol–water partition coefficient (Wildman–Crippen LogP) is 3.80. The molecular formula is C21H24ClN3O3. The standard InChI is InChI=1S/C21H24ClN3O3/c1-13-14(5-8-18(27-3)20(13)28-4)9-10-23-19-12-25(2)21(26)16-11-15(22)6-7-17(16)24-19/h5-8,11H,9-10,12H2,1-4H3,(H,23,24). The van der Waals surface area contributed by atoms with Gasteiger partial charge in [0.15, 0.2) is 11.5 Å². The Labute approximate surface area is 170 Å². The van der Waals surface area contributed by atoms with Gasteiger partial charge in [0.2, 0.25) is 0 Å². The van der Waals surface area contributed by atoms with Gasteiger partial charge in [-0.3, -0.25) is 9.79 Å². The third-order valence-electron chi connectivity index (χ3n) is 4.81. The molecule has 1 amide bonds. The molecule has 148 valence electrons. The van der Waals surface area contributed by atoms with E-state index in [2.05, 4.69) is 5.32 Å². The molecule has 0 aromatic heterocycles. The Kier molecular flexibility index (Phi) is 6.09. The first-order chi connectivity index (χ1) is 13.4. The van der Waals surface area contributed by atoms with Crippen LogP contribution in [0.25, 0.3) is 0 Å². The van der Waals surface area contributed by atoms with Gasteiger partial charge in [0.1, 0.15) is 5.84 Å². The highest BCUT2D eigenvalue weighted by atomic mass is 35.5. The molecule has 1 N–H and O–H groups in total. The van der Waals surface area contributed by atoms with E-state index in [9.17, 15) is 4.79 Å². The van der Waals surface area contributed by atoms with E-state index in [1.165, 1.54) is 0 Å². The van der Waals surface area contributed by atoms with Crippen molar-refractivity contribution in [2.45, 2.75) is 13.3 Å². The smallest absolute Gasteiger partial charge is 0.256 e. The van der Waals surface area contributed by atoms with E-state index >= 15 is 0 Å². The molecule has 2 aromatic carbocycles. The molecule has 1 heterocycles. The summed E-state index contributed by atoms with van der Waals surface area (Å²) in [5.74, 6) is 2.13. The van der Waals surface area contributed by atoms with Crippen LogP contribution in [0.15, 0.2) is 35.3 Å². The molecule has 0 spiro atoms. The Balaban J connectivity index is 1.78. The minimum atomic E-state index is -0.0778. The molecule has 1 aliphatic rings. The third kappa shape index (κ3) is 4.07. The van der Waals surface area contributed by atoms with Gasteiger partial charge in [-0.1, -0.05) is 17.7 Å². The average Bonchev–Trinajstić information content (AvgIpc) is 2.79. The van der Waals surface area contributed by atoms with Crippen LogP contribution >= 0.6 is 11.6 Å². The summed E-state index contributed by atoms with van der Waals surface area (Å²) in [6.07, 6.45) is 0.752. The van der Waals surface area contributed by atoms with E-state index in [0.29, 0.717) is 23.7 Å². The van der Waals surface area contributed by atoms with Crippen LogP contribution in [0.5, 0.6) is 11.5 Å². The second-order valence-electron chi connectivity index (χ2n) is 6.64. The lowest BCUT2D eigenvalue weighted by Gasteiger charge is -2.15. The second kappa shape index (κ2) is 8.52. The lowest BCUT2D eigenvalue weighted by molar-refractivity contribution is 0.0817. The van der Waals surface area contributed by atoms with E-state index in [1.807, 2.05) is 25.1 Å². The molecule has 3 rings (SSSR count). The number of hydrogen-bond donors (Lipinski definition) is 1. The molecule has 0 bridgehead atoms. The number of amidine groups is 1. The maximum absolute atomic E-state index is 12.6. The van der Waals surface area contributed by atoms with Crippen molar-refractivity contribution in [1.82, 2.24) is 4.90 Å². The van der Waals surface area contributed by atoms with Crippen LogP contribution < -0.4 is 14.8 Å². The molecule has 0 fully saturated rings. The van der Waals surface area contributed by atoms with Crippen molar-refractivity contribution >= 4 is 29.0 Å². The number of anilines is 1. The zero-order chi connectivity index (χ0) is 20.3. The maximum Gasteiger partial charge on any atom is 0.256 e. The number of ether oxygens (including phenoxy) is 2. The number of likely N-dealkylation sites (N-methyl/N-ethyl adjacent to an activating group) is 1. The van der Waals surface area contributed by atoms with Crippen LogP contribution in [-0.2, 0) is 6.42 Å². The fourth-order valence-electron chi connectivity index (χ4n) is 3.29. The minimum Gasteiger partial charge on any atom is -0.493 e. The second-order valence-corrected chi connectivity index (χ2v) is 7.08. The van der Waals surface area contributed by atoms with Gasteiger partial charge < -0.3 is 19.7 Å². The molecule has 0 saturated carbocycles. The van der Waals surface area contributed by atoms with Crippen molar-refractivity contribution in [3.8, 4) is 11.5 Å². The van der Waals surface area contributed by atoms with Gasteiger partial charge in [0, 0.05) is 18.6 Å². The van der Waals surface area contributed by atoms with Gasteiger partial charge in [-0.2, -0.15) is 0 Å². The Morgan fingerprint density at radius 2 is 2.00 bits per heavy atom. The molecule has 2 aromatic rings. The molecule has 0 unspecified atom stereocenters. The summed E-state index contributed by atoms with van der Waals surface area (Å²) in [4.78, 5) is 18.9. The van der Waals surface area contributed by atoms with Gasteiger partial charge in [0.05, 0.1) is 32.0 Å². The Morgan fingerprint density at radius 3 is 2.71 bits per heavy atom. The van der Waals surface area contributed by atoms with E-state index in [4.69, 9.17) is 26.1 Å². The largest absolute Gasteiger partial charge is 0.493 e. The van der Waals surface area contributed by atoms with Crippen LogP contribution in [0.4, 0.5) is 5.69 Å². The number of carbonyl (C=O) groups is 1. The summed E-state index contributed by atoms with van der Waals surface area (Å²) in [5.41, 5.74) is 3.46. The lowest BCUT2D eigenvalue weighted by atomic mass is 10.0. The van der Waals surface area contributed by atoms with Crippen LogP contribution in [0.3, 0.4) is 0 Å². The minimum absolute atomic E-state index is 0.0778. The van der Waals surface area contributed by atoms with Gasteiger partial charge in [0.25, 0.3) is 5.91 Å². The number of halogens is 1. The number of fused-ring (bicyclic) bond motifs is 1. The van der Waals surface area contributed by atoms with Crippen molar-refractivity contribution < 1.29 is 14.3 Å². The van der Waals surface area contributed by atoms with Crippen LogP contribution in [0, 0.1) is 6.92 Å². The first-order valence-electron chi connectivity index (χ1n) is 9.00. The first kappa shape index (κ1) is 20.0. The lowest BCUT2D eigenvalue weighted by Crippen LogP contribution is -2.31. The molecule has 0 atom stereocenters. The number of aliphatic imine (C=N–C) groups is 1. The Morgan fingerprint density at radius 1 is 1.21 bits per heavy atom. The number of hydrogen-bond acceptors (Lipinski definition) is 4. The summed E-state index contributed by atoms with van der Waals surface area (Å²) >= 11 is 6.04. The summed E-state index contributed by atoms with van der Waals surface area (Å²) in [6.45, 7) is 3.01. The monoisotopic (exact) mass is 401 g/mol. The molecular weight excluding hydrogens is 378 g/mol. The number of nitrogens with zero attached hydrogens (tertiary/aromatic N) is 2. The van der Waals surface area contributed by atoms with E-state index in [0.717, 1.165) is 40.6 Å². The van der Waals surface area contributed by atoms with Crippen LogP contribution in [0.2, 0.25) is 5.02 Å². The number of nitrogens with one attached hydrogen (secondary N) is 1. The molecule has 1 aliphatic heterocycles. The summed E-state index contributed by atoms with van der Waals surface area (Å²) in [6, 6.07) is 9.19. The third-order valence-corrected chi connectivity index (χ3v) is 5.05. The molecule has 7 heteroatoms. The van der Waals surface area contributed by atoms with Crippen LogP contribution in [0.1, 0.15) is 21.5 Å². The maximum atomic E-state index is 12.6. The van der Waals surface area contributed by atoms with E-state index < -0.39 is 0 Å². The fraction of sp³-hybridized carbons (Fsp3) is 0.333. The highest BCUT2D eigenvalue weighted by Gasteiger charge is 2.22. The van der Waals surface area contributed by atoms with Crippen molar-refractivity contribution in [2.75, 3.05) is 39.7 Å². The van der Waals surface area contributed by atoms with Crippen molar-refractivity contribution in [2.24, 2.45) is 4.99 Å². The van der Waals surface area contributed by atoms with Gasteiger partial charge >= 0.3 is 0 Å². The SMILES string of the molecule is COc1ccc(CCN=C2CN(C)C(=O)c3cc(Cl)ccc3N2)c(C)c1OC. The summed E-state index contributed by atoms with van der Waals surface area (Å²) < 4.78 is 10.8. The number of benzene rings is 2. The molecule has 0 radical (unpaired) electrons. The topological polar surface area (TPSA) is 63.2 Å². The highest BCUT2D eigenvalue weighted by molar-refractivity contribution is 6.31. The average molecular weight is 402 g/mol. The quantitative estimate of drug-likeness (QED) is 0.827. The van der Waals surface area contributed by atoms with E-state index in [1.54, 1.807) is 38.3 Å². The first-order valence-corrected chi connectivity index (χ1v) is 9.38. The Hall–Kier alpha value is -2.73. The summed E-state index contributed by atoms with van der Waals surface area (Å²) in [7, 11) is 5.03. The molecule has 6 nitrogen and oxygen atoms in total. The van der Waals surface area contributed by atoms with Gasteiger partial charge in [-0.25, -0.2) is 0 Å². The number of carbonyl (C=O) groups excluding carboxylic acids is 1. The van der Waals surface area contributed by atoms with E-state index in [-0.39, 0.29) is 5.91 Å². The normalized spacial score (nSPS) is 15.1. The fourth-order valence-corrected chi connectivity index (χ4v) is 3.47. The number of rotatable bonds is 5.